The molecular weight excluding hydrogens is 164 g/mol. The van der Waals surface area contributed by atoms with Crippen LogP contribution < -0.4 is 0 Å². The van der Waals surface area contributed by atoms with Crippen molar-refractivity contribution in [2.24, 2.45) is 11.3 Å². The van der Waals surface area contributed by atoms with E-state index in [-0.39, 0.29) is 6.42 Å². The highest BCUT2D eigenvalue weighted by atomic mass is 16.4. The van der Waals surface area contributed by atoms with Crippen molar-refractivity contribution < 1.29 is 24.6 Å². The molecule has 0 aliphatic heterocycles. The lowest BCUT2D eigenvalue weighted by molar-refractivity contribution is -0.152. The first-order valence-corrected chi connectivity index (χ1v) is 3.40. The summed E-state index contributed by atoms with van der Waals surface area (Å²) >= 11 is 0. The monoisotopic (exact) mass is 172 g/mol. The lowest BCUT2D eigenvalue weighted by atomic mass is 10.0. The molecule has 0 saturated heterocycles. The van der Waals surface area contributed by atoms with E-state index in [0.29, 0.717) is 0 Å². The van der Waals surface area contributed by atoms with Gasteiger partial charge in [0, 0.05) is 0 Å². The minimum atomic E-state index is -1.55. The molecule has 0 aromatic rings. The van der Waals surface area contributed by atoms with Crippen molar-refractivity contribution in [2.75, 3.05) is 0 Å². The number of carbonyl (C=O) groups is 3. The van der Waals surface area contributed by atoms with Gasteiger partial charge in [-0.1, -0.05) is 6.92 Å². The highest BCUT2D eigenvalue weighted by molar-refractivity contribution is 6.36. The third-order valence-electron chi connectivity index (χ3n) is 2.25. The molecule has 0 aromatic heterocycles. The smallest absolute Gasteiger partial charge is 0.372 e. The molecule has 0 bridgehead atoms. The Hall–Kier alpha value is -1.39. The van der Waals surface area contributed by atoms with Gasteiger partial charge in [0.2, 0.25) is 5.78 Å². The Morgan fingerprint density at radius 1 is 1.33 bits per heavy atom. The summed E-state index contributed by atoms with van der Waals surface area (Å²) in [6.45, 7) is 1.36. The van der Waals surface area contributed by atoms with E-state index >= 15 is 0 Å². The molecule has 1 saturated carbocycles. The Morgan fingerprint density at radius 2 is 1.83 bits per heavy atom. The van der Waals surface area contributed by atoms with Crippen LogP contribution in [0.25, 0.3) is 0 Å². The number of carboxylic acids is 2. The topological polar surface area (TPSA) is 91.7 Å². The SMILES string of the molecule is C[C@@]1(C(=O)C(=O)O)C[C@H]1C(=O)O. The van der Waals surface area contributed by atoms with E-state index in [1.54, 1.807) is 0 Å². The van der Waals surface area contributed by atoms with Crippen LogP contribution >= 0.6 is 0 Å². The molecule has 12 heavy (non-hydrogen) atoms. The summed E-state index contributed by atoms with van der Waals surface area (Å²) in [6, 6.07) is 0. The maximum absolute atomic E-state index is 10.9. The Morgan fingerprint density at radius 3 is 2.08 bits per heavy atom. The van der Waals surface area contributed by atoms with E-state index in [9.17, 15) is 14.4 Å². The number of carboxylic acid groups (broad SMARTS) is 2. The molecule has 0 unspecified atom stereocenters. The van der Waals surface area contributed by atoms with Gasteiger partial charge in [-0.15, -0.1) is 0 Å². The van der Waals surface area contributed by atoms with Crippen molar-refractivity contribution >= 4 is 17.7 Å². The van der Waals surface area contributed by atoms with Crippen LogP contribution in [0.2, 0.25) is 0 Å². The summed E-state index contributed by atoms with van der Waals surface area (Å²) in [5.74, 6) is -4.48. The summed E-state index contributed by atoms with van der Waals surface area (Å²) in [7, 11) is 0. The molecule has 1 fully saturated rings. The Bertz CT molecular complexity index is 269. The molecule has 0 heterocycles. The molecule has 1 aliphatic rings. The number of ketones is 1. The van der Waals surface area contributed by atoms with E-state index in [2.05, 4.69) is 0 Å². The van der Waals surface area contributed by atoms with E-state index in [1.165, 1.54) is 6.92 Å². The van der Waals surface area contributed by atoms with Gasteiger partial charge in [-0.3, -0.25) is 9.59 Å². The highest BCUT2D eigenvalue weighted by Crippen LogP contribution is 2.52. The van der Waals surface area contributed by atoms with E-state index in [1.807, 2.05) is 0 Å². The normalized spacial score (nSPS) is 32.6. The summed E-state index contributed by atoms with van der Waals surface area (Å²) in [5, 5.41) is 16.8. The van der Waals surface area contributed by atoms with Crippen molar-refractivity contribution in [3.05, 3.63) is 0 Å². The van der Waals surface area contributed by atoms with Gasteiger partial charge in [-0.25, -0.2) is 4.79 Å². The van der Waals surface area contributed by atoms with Gasteiger partial charge in [0.1, 0.15) is 0 Å². The van der Waals surface area contributed by atoms with Gasteiger partial charge >= 0.3 is 11.9 Å². The zero-order chi connectivity index (χ0) is 9.52. The summed E-state index contributed by atoms with van der Waals surface area (Å²) in [6.07, 6.45) is 0.132. The number of Topliss-reactive ketones (excluding diaryl/α,β-unsaturated/α-hetero) is 1. The first-order valence-electron chi connectivity index (χ1n) is 3.40. The quantitative estimate of drug-likeness (QED) is 0.573. The van der Waals surface area contributed by atoms with Crippen molar-refractivity contribution in [3.8, 4) is 0 Å². The van der Waals surface area contributed by atoms with Gasteiger partial charge in [0.05, 0.1) is 11.3 Å². The molecule has 0 amide bonds. The third-order valence-corrected chi connectivity index (χ3v) is 2.25. The number of carbonyl (C=O) groups excluding carboxylic acids is 1. The Balaban J connectivity index is 2.74. The molecule has 5 nitrogen and oxygen atoms in total. The first-order chi connectivity index (χ1) is 5.39. The minimum absolute atomic E-state index is 0.132. The number of rotatable bonds is 3. The van der Waals surface area contributed by atoms with Crippen LogP contribution in [-0.2, 0) is 14.4 Å². The van der Waals surface area contributed by atoms with Gasteiger partial charge in [0.25, 0.3) is 0 Å². The fraction of sp³-hybridized carbons (Fsp3) is 0.571. The Kier molecular flexibility index (Phi) is 1.67. The van der Waals surface area contributed by atoms with Crippen molar-refractivity contribution in [3.63, 3.8) is 0 Å². The number of hydrogen-bond donors (Lipinski definition) is 2. The van der Waals surface area contributed by atoms with Crippen LogP contribution in [0.4, 0.5) is 0 Å². The zero-order valence-electron chi connectivity index (χ0n) is 6.40. The lowest BCUT2D eigenvalue weighted by Gasteiger charge is -2.02. The average Bonchev–Trinajstić information content (AvgIpc) is 2.62. The number of aliphatic carboxylic acids is 2. The molecule has 2 N–H and O–H groups in total. The van der Waals surface area contributed by atoms with Crippen molar-refractivity contribution in [2.45, 2.75) is 13.3 Å². The average molecular weight is 172 g/mol. The summed E-state index contributed by atoms with van der Waals surface area (Å²) < 4.78 is 0. The molecule has 1 aliphatic carbocycles. The van der Waals surface area contributed by atoms with Gasteiger partial charge < -0.3 is 10.2 Å². The van der Waals surface area contributed by atoms with Crippen molar-refractivity contribution in [1.29, 1.82) is 0 Å². The standard InChI is InChI=1S/C7H8O5/c1-7(4(8)6(11)12)2-3(7)5(9)10/h3H,2H2,1H3,(H,9,10)(H,11,12)/t3-,7+/m0/s1. The van der Waals surface area contributed by atoms with E-state index in [4.69, 9.17) is 10.2 Å². The van der Waals surface area contributed by atoms with Gasteiger partial charge in [-0.05, 0) is 6.42 Å². The van der Waals surface area contributed by atoms with E-state index < -0.39 is 29.1 Å². The second-order valence-corrected chi connectivity index (χ2v) is 3.15. The molecule has 0 spiro atoms. The highest BCUT2D eigenvalue weighted by Gasteiger charge is 2.61. The molecule has 2 atom stereocenters. The molecule has 5 heteroatoms. The molecule has 66 valence electrons. The van der Waals surface area contributed by atoms with Gasteiger partial charge in [0.15, 0.2) is 0 Å². The number of hydrogen-bond acceptors (Lipinski definition) is 3. The van der Waals surface area contributed by atoms with Crippen LogP contribution in [-0.4, -0.2) is 27.9 Å². The summed E-state index contributed by atoms with van der Waals surface area (Å²) in [5.41, 5.74) is -1.17. The predicted molar refractivity (Wildman–Crippen MR) is 36.5 cm³/mol. The van der Waals surface area contributed by atoms with Crippen LogP contribution in [0.15, 0.2) is 0 Å². The minimum Gasteiger partial charge on any atom is -0.481 e. The molecule has 1 rings (SSSR count). The largest absolute Gasteiger partial charge is 0.481 e. The maximum Gasteiger partial charge on any atom is 0.372 e. The maximum atomic E-state index is 10.9. The first kappa shape index (κ1) is 8.70. The molecule has 0 aromatic carbocycles. The second-order valence-electron chi connectivity index (χ2n) is 3.15. The fourth-order valence-corrected chi connectivity index (χ4v) is 1.22. The second kappa shape index (κ2) is 2.30. The van der Waals surface area contributed by atoms with E-state index in [0.717, 1.165) is 0 Å². The molecule has 0 radical (unpaired) electrons. The van der Waals surface area contributed by atoms with Crippen LogP contribution in [0, 0.1) is 11.3 Å². The van der Waals surface area contributed by atoms with Crippen molar-refractivity contribution in [1.82, 2.24) is 0 Å². The zero-order valence-corrected chi connectivity index (χ0v) is 6.40. The predicted octanol–water partition coefficient (Wildman–Crippen LogP) is -0.249. The van der Waals surface area contributed by atoms with Crippen LogP contribution in [0.3, 0.4) is 0 Å². The fourth-order valence-electron chi connectivity index (χ4n) is 1.22. The lowest BCUT2D eigenvalue weighted by Crippen LogP contribution is -2.25. The van der Waals surface area contributed by atoms with Gasteiger partial charge in [-0.2, -0.15) is 0 Å². The third kappa shape index (κ3) is 1.07. The summed E-state index contributed by atoms with van der Waals surface area (Å²) in [4.78, 5) is 31.4. The van der Waals surface area contributed by atoms with Crippen LogP contribution in [0.1, 0.15) is 13.3 Å². The Labute approximate surface area is 68.0 Å². The van der Waals surface area contributed by atoms with Crippen LogP contribution in [0.5, 0.6) is 0 Å². The molecular formula is C7H8O5.